The van der Waals surface area contributed by atoms with Crippen LogP contribution in [0.2, 0.25) is 5.02 Å². The summed E-state index contributed by atoms with van der Waals surface area (Å²) in [6, 6.07) is 6.53. The van der Waals surface area contributed by atoms with Gasteiger partial charge in [0.2, 0.25) is 0 Å². The zero-order valence-electron chi connectivity index (χ0n) is 13.0. The smallest absolute Gasteiger partial charge is 0.0786 e. The highest BCUT2D eigenvalue weighted by Gasteiger charge is 2.23. The fourth-order valence-corrected chi connectivity index (χ4v) is 3.41. The summed E-state index contributed by atoms with van der Waals surface area (Å²) in [5.41, 5.74) is 2.20. The molecule has 1 aromatic carbocycles. The van der Waals surface area contributed by atoms with Crippen LogP contribution >= 0.6 is 11.6 Å². The van der Waals surface area contributed by atoms with E-state index in [4.69, 9.17) is 11.6 Å². The van der Waals surface area contributed by atoms with Crippen molar-refractivity contribution in [3.05, 3.63) is 23.2 Å². The van der Waals surface area contributed by atoms with Gasteiger partial charge < -0.3 is 15.1 Å². The third-order valence-electron chi connectivity index (χ3n) is 4.19. The third kappa shape index (κ3) is 3.58. The largest absolute Gasteiger partial charge is 0.381 e. The number of anilines is 2. The summed E-state index contributed by atoms with van der Waals surface area (Å²) in [6.07, 6.45) is 2.60. The number of hydrogen-bond donors (Lipinski definition) is 1. The molecule has 1 heterocycles. The average molecular weight is 296 g/mol. The SMILES string of the molecule is CC(Nc1cccc(Cl)c1N(C)C)C1CCCN(C)C1. The normalized spacial score (nSPS) is 21.6. The number of benzene rings is 1. The standard InChI is InChI=1S/C16H26ClN3/c1-12(13-7-6-10-20(4)11-13)18-15-9-5-8-14(17)16(15)19(2)3/h5,8-9,12-13,18H,6-7,10-11H2,1-4H3. The molecule has 112 valence electrons. The number of hydrogen-bond acceptors (Lipinski definition) is 3. The van der Waals surface area contributed by atoms with E-state index >= 15 is 0 Å². The molecule has 0 aromatic heterocycles. The van der Waals surface area contributed by atoms with Crippen LogP contribution in [-0.2, 0) is 0 Å². The summed E-state index contributed by atoms with van der Waals surface area (Å²) in [5, 5.41) is 4.47. The van der Waals surface area contributed by atoms with Gasteiger partial charge in [0.15, 0.2) is 0 Å². The lowest BCUT2D eigenvalue weighted by Gasteiger charge is -2.35. The maximum absolute atomic E-state index is 6.33. The summed E-state index contributed by atoms with van der Waals surface area (Å²) in [5.74, 6) is 0.697. The van der Waals surface area contributed by atoms with Crippen LogP contribution < -0.4 is 10.2 Å². The van der Waals surface area contributed by atoms with Crippen LogP contribution in [0.1, 0.15) is 19.8 Å². The van der Waals surface area contributed by atoms with Gasteiger partial charge in [-0.3, -0.25) is 0 Å². The zero-order chi connectivity index (χ0) is 14.7. The third-order valence-corrected chi connectivity index (χ3v) is 4.49. The number of nitrogens with one attached hydrogen (secondary N) is 1. The van der Waals surface area contributed by atoms with Crippen molar-refractivity contribution in [1.29, 1.82) is 0 Å². The van der Waals surface area contributed by atoms with E-state index in [0.717, 1.165) is 16.4 Å². The summed E-state index contributed by atoms with van der Waals surface area (Å²) >= 11 is 6.33. The minimum Gasteiger partial charge on any atom is -0.381 e. The summed E-state index contributed by atoms with van der Waals surface area (Å²) in [7, 11) is 6.28. The molecule has 1 saturated heterocycles. The molecule has 3 nitrogen and oxygen atoms in total. The Morgan fingerprint density at radius 3 is 2.80 bits per heavy atom. The molecule has 0 spiro atoms. The van der Waals surface area contributed by atoms with Gasteiger partial charge in [0.1, 0.15) is 0 Å². The average Bonchev–Trinajstić information content (AvgIpc) is 2.38. The molecule has 20 heavy (non-hydrogen) atoms. The van der Waals surface area contributed by atoms with Crippen molar-refractivity contribution in [1.82, 2.24) is 4.90 Å². The summed E-state index contributed by atoms with van der Waals surface area (Å²) in [6.45, 7) is 4.68. The van der Waals surface area contributed by atoms with E-state index in [1.807, 2.05) is 26.2 Å². The Balaban J connectivity index is 2.11. The number of nitrogens with zero attached hydrogens (tertiary/aromatic N) is 2. The molecule has 0 saturated carbocycles. The summed E-state index contributed by atoms with van der Waals surface area (Å²) in [4.78, 5) is 4.50. The van der Waals surface area contributed by atoms with E-state index in [9.17, 15) is 0 Å². The Kier molecular flexibility index (Phi) is 5.17. The highest BCUT2D eigenvalue weighted by Crippen LogP contribution is 2.34. The van der Waals surface area contributed by atoms with Crippen molar-refractivity contribution in [3.8, 4) is 0 Å². The Bertz CT molecular complexity index is 447. The van der Waals surface area contributed by atoms with E-state index in [0.29, 0.717) is 12.0 Å². The predicted molar refractivity (Wildman–Crippen MR) is 89.1 cm³/mol. The molecule has 0 radical (unpaired) electrons. The molecule has 4 heteroatoms. The topological polar surface area (TPSA) is 18.5 Å². The molecule has 2 atom stereocenters. The lowest BCUT2D eigenvalue weighted by molar-refractivity contribution is 0.197. The molecular weight excluding hydrogens is 270 g/mol. The van der Waals surface area contributed by atoms with Crippen molar-refractivity contribution in [2.75, 3.05) is 44.4 Å². The Hall–Kier alpha value is -0.930. The molecule has 0 amide bonds. The monoisotopic (exact) mass is 295 g/mol. The molecule has 1 N–H and O–H groups in total. The van der Waals surface area contributed by atoms with Crippen LogP contribution in [0.3, 0.4) is 0 Å². The highest BCUT2D eigenvalue weighted by atomic mass is 35.5. The molecule has 2 unspecified atom stereocenters. The predicted octanol–water partition coefficient (Wildman–Crippen LogP) is 3.55. The van der Waals surface area contributed by atoms with Gasteiger partial charge in [0.05, 0.1) is 16.4 Å². The molecule has 1 fully saturated rings. The Morgan fingerprint density at radius 1 is 1.40 bits per heavy atom. The zero-order valence-corrected chi connectivity index (χ0v) is 13.7. The second kappa shape index (κ2) is 6.68. The highest BCUT2D eigenvalue weighted by molar-refractivity contribution is 6.34. The van der Waals surface area contributed by atoms with E-state index < -0.39 is 0 Å². The molecule has 1 aromatic rings. The Morgan fingerprint density at radius 2 is 2.15 bits per heavy atom. The van der Waals surface area contributed by atoms with Crippen LogP contribution in [0.4, 0.5) is 11.4 Å². The van der Waals surface area contributed by atoms with Crippen molar-refractivity contribution in [3.63, 3.8) is 0 Å². The minimum atomic E-state index is 0.454. The number of rotatable bonds is 4. The fraction of sp³-hybridized carbons (Fsp3) is 0.625. The first-order chi connectivity index (χ1) is 9.49. The van der Waals surface area contributed by atoms with Gasteiger partial charge >= 0.3 is 0 Å². The molecule has 2 rings (SSSR count). The lowest BCUT2D eigenvalue weighted by Crippen LogP contribution is -2.40. The quantitative estimate of drug-likeness (QED) is 0.916. The number of para-hydroxylation sites is 1. The van der Waals surface area contributed by atoms with E-state index in [1.165, 1.54) is 25.9 Å². The molecule has 0 bridgehead atoms. The van der Waals surface area contributed by atoms with E-state index in [1.54, 1.807) is 0 Å². The second-order valence-corrected chi connectivity index (χ2v) is 6.54. The van der Waals surface area contributed by atoms with Crippen LogP contribution in [0.15, 0.2) is 18.2 Å². The summed E-state index contributed by atoms with van der Waals surface area (Å²) < 4.78 is 0. The van der Waals surface area contributed by atoms with Crippen molar-refractivity contribution in [2.24, 2.45) is 5.92 Å². The van der Waals surface area contributed by atoms with Crippen LogP contribution in [0, 0.1) is 5.92 Å². The van der Waals surface area contributed by atoms with Crippen molar-refractivity contribution < 1.29 is 0 Å². The fourth-order valence-electron chi connectivity index (χ4n) is 3.06. The van der Waals surface area contributed by atoms with Crippen LogP contribution in [0.5, 0.6) is 0 Å². The van der Waals surface area contributed by atoms with Crippen molar-refractivity contribution >= 4 is 23.0 Å². The lowest BCUT2D eigenvalue weighted by atomic mass is 9.91. The van der Waals surface area contributed by atoms with Gasteiger partial charge in [-0.1, -0.05) is 17.7 Å². The number of likely N-dealkylation sites (tertiary alicyclic amines) is 1. The van der Waals surface area contributed by atoms with Gasteiger partial charge in [-0.05, 0) is 51.4 Å². The molecule has 1 aliphatic rings. The van der Waals surface area contributed by atoms with Gasteiger partial charge in [0.25, 0.3) is 0 Å². The van der Waals surface area contributed by atoms with E-state index in [2.05, 4.69) is 35.2 Å². The molecule has 0 aliphatic carbocycles. The number of halogens is 1. The maximum atomic E-state index is 6.33. The maximum Gasteiger partial charge on any atom is 0.0786 e. The molecular formula is C16H26ClN3. The molecule has 1 aliphatic heterocycles. The van der Waals surface area contributed by atoms with Crippen molar-refractivity contribution in [2.45, 2.75) is 25.8 Å². The van der Waals surface area contributed by atoms with E-state index in [-0.39, 0.29) is 0 Å². The first-order valence-electron chi connectivity index (χ1n) is 7.40. The van der Waals surface area contributed by atoms with Gasteiger partial charge in [-0.2, -0.15) is 0 Å². The van der Waals surface area contributed by atoms with Gasteiger partial charge in [-0.15, -0.1) is 0 Å². The Labute approximate surface area is 127 Å². The van der Waals surface area contributed by atoms with Gasteiger partial charge in [-0.25, -0.2) is 0 Å². The minimum absolute atomic E-state index is 0.454. The van der Waals surface area contributed by atoms with Gasteiger partial charge in [0, 0.05) is 26.7 Å². The first-order valence-corrected chi connectivity index (χ1v) is 7.77. The second-order valence-electron chi connectivity index (χ2n) is 6.13. The van der Waals surface area contributed by atoms with Crippen LogP contribution in [-0.4, -0.2) is 45.2 Å². The first kappa shape index (κ1) is 15.5. The number of piperidine rings is 1. The van der Waals surface area contributed by atoms with Crippen LogP contribution in [0.25, 0.3) is 0 Å².